The van der Waals surface area contributed by atoms with Gasteiger partial charge in [0.15, 0.2) is 11.5 Å². The molecule has 0 saturated carbocycles. The number of hydrogen-bond donors (Lipinski definition) is 1. The molecule has 1 aromatic rings. The molecule has 0 aliphatic carbocycles. The van der Waals surface area contributed by atoms with Gasteiger partial charge in [-0.1, -0.05) is 6.07 Å². The average Bonchev–Trinajstić information content (AvgIpc) is 3.07. The molecule has 0 saturated heterocycles. The molecule has 25 heavy (non-hydrogen) atoms. The van der Waals surface area contributed by atoms with Crippen LogP contribution in [-0.4, -0.2) is 44.0 Å². The van der Waals surface area contributed by atoms with Crippen molar-refractivity contribution in [2.24, 2.45) is 0 Å². The maximum atomic E-state index is 12.4. The number of carbonyl (C=O) groups is 3. The third-order valence-corrected chi connectivity index (χ3v) is 3.94. The second-order valence-corrected chi connectivity index (χ2v) is 5.32. The summed E-state index contributed by atoms with van der Waals surface area (Å²) in [7, 11) is 2.37. The molecule has 1 atom stereocenters. The lowest BCUT2D eigenvalue weighted by Crippen LogP contribution is -2.51. The van der Waals surface area contributed by atoms with E-state index in [-0.39, 0.29) is 12.4 Å². The lowest BCUT2D eigenvalue weighted by atomic mass is 9.94. The van der Waals surface area contributed by atoms with Crippen molar-refractivity contribution in [3.8, 4) is 11.5 Å². The standard InChI is InChI=1S/C16H16N2O7/c1-8-12(14(19)22-2)13(18(15(20)17-8)16(21)23-3)9-4-5-10-11(6-9)25-7-24-10/h4-6,13H,7H2,1-3H3,(H,17,20). The van der Waals surface area contributed by atoms with Crippen LogP contribution in [-0.2, 0) is 14.3 Å². The van der Waals surface area contributed by atoms with Gasteiger partial charge in [-0.05, 0) is 24.6 Å². The number of ether oxygens (including phenoxy) is 4. The fraction of sp³-hybridized carbons (Fsp3) is 0.312. The molecule has 0 aromatic heterocycles. The first kappa shape index (κ1) is 16.6. The van der Waals surface area contributed by atoms with E-state index in [0.717, 1.165) is 12.0 Å². The summed E-state index contributed by atoms with van der Waals surface area (Å²) in [4.78, 5) is 37.6. The van der Waals surface area contributed by atoms with Crippen LogP contribution >= 0.6 is 0 Å². The summed E-state index contributed by atoms with van der Waals surface area (Å²) in [6.07, 6.45) is -0.908. The zero-order chi connectivity index (χ0) is 18.1. The molecule has 3 amide bonds. The second-order valence-electron chi connectivity index (χ2n) is 5.32. The maximum Gasteiger partial charge on any atom is 0.418 e. The Morgan fingerprint density at radius 3 is 2.60 bits per heavy atom. The predicted octanol–water partition coefficient (Wildman–Crippen LogP) is 1.69. The molecule has 2 aliphatic heterocycles. The van der Waals surface area contributed by atoms with Crippen LogP contribution in [0.1, 0.15) is 18.5 Å². The number of carbonyl (C=O) groups excluding carboxylic acids is 3. The van der Waals surface area contributed by atoms with E-state index in [1.54, 1.807) is 25.1 Å². The number of hydrogen-bond acceptors (Lipinski definition) is 7. The minimum Gasteiger partial charge on any atom is -0.466 e. The summed E-state index contributed by atoms with van der Waals surface area (Å²) in [5.41, 5.74) is 0.885. The van der Waals surface area contributed by atoms with Gasteiger partial charge in [0.1, 0.15) is 6.04 Å². The number of allylic oxidation sites excluding steroid dienone is 1. The molecule has 2 aliphatic rings. The number of imide groups is 1. The average molecular weight is 348 g/mol. The third kappa shape index (κ3) is 2.73. The predicted molar refractivity (Wildman–Crippen MR) is 82.8 cm³/mol. The van der Waals surface area contributed by atoms with E-state index < -0.39 is 24.1 Å². The summed E-state index contributed by atoms with van der Waals surface area (Å²) in [5, 5.41) is 2.47. The zero-order valence-corrected chi connectivity index (χ0v) is 13.8. The van der Waals surface area contributed by atoms with E-state index in [1.165, 1.54) is 7.11 Å². The Hall–Kier alpha value is -3.23. The number of esters is 1. The Bertz CT molecular complexity index is 787. The molecule has 2 heterocycles. The molecule has 0 bridgehead atoms. The molecule has 1 N–H and O–H groups in total. The quantitative estimate of drug-likeness (QED) is 0.811. The monoisotopic (exact) mass is 348 g/mol. The van der Waals surface area contributed by atoms with Crippen LogP contribution in [0.3, 0.4) is 0 Å². The van der Waals surface area contributed by atoms with Crippen LogP contribution < -0.4 is 14.8 Å². The summed E-state index contributed by atoms with van der Waals surface area (Å²) < 4.78 is 20.1. The molecular formula is C16H16N2O7. The lowest BCUT2D eigenvalue weighted by molar-refractivity contribution is -0.136. The maximum absolute atomic E-state index is 12.4. The van der Waals surface area contributed by atoms with E-state index in [0.29, 0.717) is 22.8 Å². The van der Waals surface area contributed by atoms with Gasteiger partial charge in [0, 0.05) is 5.70 Å². The van der Waals surface area contributed by atoms with Crippen molar-refractivity contribution in [3.05, 3.63) is 35.0 Å². The smallest absolute Gasteiger partial charge is 0.418 e. The van der Waals surface area contributed by atoms with E-state index in [2.05, 4.69) is 5.32 Å². The number of benzene rings is 1. The van der Waals surface area contributed by atoms with Crippen molar-refractivity contribution >= 4 is 18.1 Å². The molecule has 1 aromatic carbocycles. The van der Waals surface area contributed by atoms with E-state index in [9.17, 15) is 14.4 Å². The van der Waals surface area contributed by atoms with Gasteiger partial charge in [-0.2, -0.15) is 0 Å². The van der Waals surface area contributed by atoms with Crippen LogP contribution in [0.15, 0.2) is 29.5 Å². The molecule has 9 nitrogen and oxygen atoms in total. The third-order valence-electron chi connectivity index (χ3n) is 3.94. The molecule has 9 heteroatoms. The Kier molecular flexibility index (Phi) is 4.22. The lowest BCUT2D eigenvalue weighted by Gasteiger charge is -2.35. The fourth-order valence-electron chi connectivity index (χ4n) is 2.80. The van der Waals surface area contributed by atoms with Gasteiger partial charge >= 0.3 is 18.1 Å². The largest absolute Gasteiger partial charge is 0.466 e. The molecule has 1 unspecified atom stereocenters. The highest BCUT2D eigenvalue weighted by molar-refractivity contribution is 6.00. The van der Waals surface area contributed by atoms with Crippen LogP contribution in [0, 0.1) is 0 Å². The minimum absolute atomic E-state index is 0.0728. The summed E-state index contributed by atoms with van der Waals surface area (Å²) in [6.45, 7) is 1.63. The normalized spacial score (nSPS) is 18.8. The number of nitrogens with zero attached hydrogens (tertiary/aromatic N) is 1. The first-order valence-corrected chi connectivity index (χ1v) is 7.34. The van der Waals surface area contributed by atoms with Gasteiger partial charge in [0.05, 0.1) is 19.8 Å². The summed E-state index contributed by atoms with van der Waals surface area (Å²) in [6, 6.07) is 3.16. The number of methoxy groups -OCH3 is 2. The first-order valence-electron chi connectivity index (χ1n) is 7.34. The number of urea groups is 1. The van der Waals surface area contributed by atoms with Crippen LogP contribution in [0.5, 0.6) is 11.5 Å². The number of amides is 3. The van der Waals surface area contributed by atoms with Crippen molar-refractivity contribution < 1.29 is 33.3 Å². The number of nitrogens with one attached hydrogen (secondary N) is 1. The summed E-state index contributed by atoms with van der Waals surface area (Å²) in [5.74, 6) is 0.318. The Labute approximate surface area is 143 Å². The fourth-order valence-corrected chi connectivity index (χ4v) is 2.80. The Morgan fingerprint density at radius 2 is 1.92 bits per heavy atom. The van der Waals surface area contributed by atoms with Gasteiger partial charge < -0.3 is 24.3 Å². The zero-order valence-electron chi connectivity index (χ0n) is 13.8. The van der Waals surface area contributed by atoms with Gasteiger partial charge in [0.2, 0.25) is 6.79 Å². The highest BCUT2D eigenvalue weighted by Crippen LogP contribution is 2.40. The van der Waals surface area contributed by atoms with Gasteiger partial charge in [-0.25, -0.2) is 19.3 Å². The minimum atomic E-state index is -1.02. The molecule has 0 radical (unpaired) electrons. The molecule has 132 valence electrons. The molecule has 0 fully saturated rings. The van der Waals surface area contributed by atoms with Crippen molar-refractivity contribution in [2.75, 3.05) is 21.0 Å². The van der Waals surface area contributed by atoms with E-state index in [1.807, 2.05) is 0 Å². The topological polar surface area (TPSA) is 103 Å². The Morgan fingerprint density at radius 1 is 1.20 bits per heavy atom. The number of fused-ring (bicyclic) bond motifs is 1. The second kappa shape index (κ2) is 6.34. The molecular weight excluding hydrogens is 332 g/mol. The van der Waals surface area contributed by atoms with Gasteiger partial charge in [0.25, 0.3) is 0 Å². The Balaban J connectivity index is 2.16. The highest BCUT2D eigenvalue weighted by Gasteiger charge is 2.42. The van der Waals surface area contributed by atoms with Gasteiger partial charge in [-0.3, -0.25) is 0 Å². The first-order chi connectivity index (χ1) is 12.0. The van der Waals surface area contributed by atoms with E-state index >= 15 is 0 Å². The van der Waals surface area contributed by atoms with Crippen LogP contribution in [0.25, 0.3) is 0 Å². The van der Waals surface area contributed by atoms with Crippen molar-refractivity contribution in [2.45, 2.75) is 13.0 Å². The van der Waals surface area contributed by atoms with Crippen LogP contribution in [0.2, 0.25) is 0 Å². The van der Waals surface area contributed by atoms with Gasteiger partial charge in [-0.15, -0.1) is 0 Å². The van der Waals surface area contributed by atoms with E-state index in [4.69, 9.17) is 18.9 Å². The molecule has 0 spiro atoms. The highest BCUT2D eigenvalue weighted by atomic mass is 16.7. The summed E-state index contributed by atoms with van der Waals surface area (Å²) >= 11 is 0. The number of rotatable bonds is 2. The van der Waals surface area contributed by atoms with Crippen molar-refractivity contribution in [1.82, 2.24) is 10.2 Å². The molecule has 3 rings (SSSR count). The van der Waals surface area contributed by atoms with Crippen molar-refractivity contribution in [3.63, 3.8) is 0 Å². The van der Waals surface area contributed by atoms with Crippen LogP contribution in [0.4, 0.5) is 9.59 Å². The van der Waals surface area contributed by atoms with Crippen molar-refractivity contribution in [1.29, 1.82) is 0 Å². The SMILES string of the molecule is COC(=O)C1=C(C)NC(=O)N(C(=O)OC)C1c1ccc2c(c1)OCO2.